The van der Waals surface area contributed by atoms with E-state index >= 15 is 0 Å². The molecule has 0 aliphatic heterocycles. The summed E-state index contributed by atoms with van der Waals surface area (Å²) in [7, 11) is 0. The molecule has 0 aromatic heterocycles. The first-order valence-corrected chi connectivity index (χ1v) is 6.50. The van der Waals surface area contributed by atoms with Crippen LogP contribution in [0.2, 0.25) is 0 Å². The van der Waals surface area contributed by atoms with E-state index in [0.717, 1.165) is 5.56 Å². The van der Waals surface area contributed by atoms with Crippen LogP contribution in [0.25, 0.3) is 0 Å². The van der Waals surface area contributed by atoms with Crippen molar-refractivity contribution in [2.75, 3.05) is 0 Å². The molecule has 1 atom stereocenters. The lowest BCUT2D eigenvalue weighted by molar-refractivity contribution is 0.0288. The van der Waals surface area contributed by atoms with Crippen molar-refractivity contribution in [1.82, 2.24) is 0 Å². The van der Waals surface area contributed by atoms with Crippen LogP contribution in [-0.4, -0.2) is 5.97 Å². The summed E-state index contributed by atoms with van der Waals surface area (Å²) in [6.45, 7) is 1.97. The number of ether oxygens (including phenoxy) is 1. The van der Waals surface area contributed by atoms with E-state index in [1.165, 1.54) is 0 Å². The van der Waals surface area contributed by atoms with Crippen LogP contribution in [0.4, 0.5) is 0 Å². The molecular formula is C17H15NO2. The molecule has 0 radical (unpaired) electrons. The van der Waals surface area contributed by atoms with Crippen LogP contribution in [0.1, 0.15) is 40.9 Å². The van der Waals surface area contributed by atoms with Gasteiger partial charge in [0.25, 0.3) is 0 Å². The highest BCUT2D eigenvalue weighted by Gasteiger charge is 2.16. The van der Waals surface area contributed by atoms with Crippen molar-refractivity contribution in [1.29, 1.82) is 5.26 Å². The fourth-order valence-electron chi connectivity index (χ4n) is 1.97. The maximum absolute atomic E-state index is 12.1. The van der Waals surface area contributed by atoms with Gasteiger partial charge in [0.05, 0.1) is 17.2 Å². The predicted molar refractivity (Wildman–Crippen MR) is 76.0 cm³/mol. The predicted octanol–water partition coefficient (Wildman–Crippen LogP) is 3.87. The first-order chi connectivity index (χ1) is 9.74. The average molecular weight is 265 g/mol. The van der Waals surface area contributed by atoms with Crippen LogP contribution in [0.5, 0.6) is 0 Å². The van der Waals surface area contributed by atoms with Crippen LogP contribution in [0.15, 0.2) is 54.6 Å². The Morgan fingerprint density at radius 3 is 2.60 bits per heavy atom. The fraction of sp³-hybridized carbons (Fsp3) is 0.176. The minimum Gasteiger partial charge on any atom is -0.454 e. The van der Waals surface area contributed by atoms with Crippen molar-refractivity contribution in [3.05, 3.63) is 71.3 Å². The first-order valence-electron chi connectivity index (χ1n) is 6.50. The summed E-state index contributed by atoms with van der Waals surface area (Å²) in [5.41, 5.74) is 1.82. The van der Waals surface area contributed by atoms with Gasteiger partial charge in [0.2, 0.25) is 0 Å². The van der Waals surface area contributed by atoms with E-state index in [4.69, 9.17) is 10.00 Å². The number of hydrogen-bond donors (Lipinski definition) is 0. The molecule has 2 rings (SSSR count). The minimum atomic E-state index is -0.405. The van der Waals surface area contributed by atoms with Crippen LogP contribution < -0.4 is 0 Å². The lowest BCUT2D eigenvalue weighted by Gasteiger charge is -2.16. The van der Waals surface area contributed by atoms with E-state index in [2.05, 4.69) is 0 Å². The summed E-state index contributed by atoms with van der Waals surface area (Å²) in [6, 6.07) is 18.2. The molecular weight excluding hydrogens is 250 g/mol. The molecule has 0 bridgehead atoms. The maximum atomic E-state index is 12.1. The fourth-order valence-corrected chi connectivity index (χ4v) is 1.97. The highest BCUT2D eigenvalue weighted by atomic mass is 16.5. The molecule has 3 heteroatoms. The average Bonchev–Trinajstić information content (AvgIpc) is 2.53. The molecule has 0 spiro atoms. The van der Waals surface area contributed by atoms with E-state index in [1.54, 1.807) is 24.3 Å². The van der Waals surface area contributed by atoms with Gasteiger partial charge < -0.3 is 4.74 Å². The molecule has 0 amide bonds. The van der Waals surface area contributed by atoms with Crippen molar-refractivity contribution in [3.63, 3.8) is 0 Å². The maximum Gasteiger partial charge on any atom is 0.338 e. The Morgan fingerprint density at radius 2 is 1.95 bits per heavy atom. The van der Waals surface area contributed by atoms with Gasteiger partial charge in [-0.3, -0.25) is 0 Å². The summed E-state index contributed by atoms with van der Waals surface area (Å²) in [5, 5.41) is 8.85. The molecule has 0 heterocycles. The van der Waals surface area contributed by atoms with Gasteiger partial charge in [-0.1, -0.05) is 43.3 Å². The lowest BCUT2D eigenvalue weighted by Crippen LogP contribution is -2.11. The standard InChI is InChI=1S/C17H15NO2/c1-2-16(14-8-4-3-5-9-14)20-17(19)15-10-6-7-13(11-15)12-18/h3-11,16H,2H2,1H3. The number of carbonyl (C=O) groups excluding carboxylic acids is 1. The molecule has 0 saturated heterocycles. The number of rotatable bonds is 4. The second-order valence-corrected chi connectivity index (χ2v) is 4.41. The summed E-state index contributed by atoms with van der Waals surface area (Å²) < 4.78 is 5.52. The Bertz CT molecular complexity index is 629. The Balaban J connectivity index is 2.15. The second-order valence-electron chi connectivity index (χ2n) is 4.41. The number of hydrogen-bond acceptors (Lipinski definition) is 3. The van der Waals surface area contributed by atoms with Gasteiger partial charge in [-0.25, -0.2) is 4.79 Å². The Hall–Kier alpha value is -2.60. The van der Waals surface area contributed by atoms with Gasteiger partial charge in [-0.2, -0.15) is 5.26 Å². The highest BCUT2D eigenvalue weighted by Crippen LogP contribution is 2.22. The summed E-state index contributed by atoms with van der Waals surface area (Å²) >= 11 is 0. The largest absolute Gasteiger partial charge is 0.454 e. The third kappa shape index (κ3) is 3.24. The lowest BCUT2D eigenvalue weighted by atomic mass is 10.1. The molecule has 0 fully saturated rings. The number of esters is 1. The monoisotopic (exact) mass is 265 g/mol. The Kier molecular flexibility index (Phi) is 4.52. The zero-order valence-electron chi connectivity index (χ0n) is 11.2. The molecule has 0 aliphatic rings. The van der Waals surface area contributed by atoms with E-state index in [1.807, 2.05) is 43.3 Å². The van der Waals surface area contributed by atoms with E-state index in [9.17, 15) is 4.79 Å². The Morgan fingerprint density at radius 1 is 1.20 bits per heavy atom. The van der Waals surface area contributed by atoms with Crippen molar-refractivity contribution in [3.8, 4) is 6.07 Å². The molecule has 0 saturated carbocycles. The summed E-state index contributed by atoms with van der Waals surface area (Å²) in [5.74, 6) is -0.405. The summed E-state index contributed by atoms with van der Waals surface area (Å²) in [6.07, 6.45) is 0.433. The molecule has 0 N–H and O–H groups in total. The number of carbonyl (C=O) groups is 1. The first kappa shape index (κ1) is 13.8. The summed E-state index contributed by atoms with van der Waals surface area (Å²) in [4.78, 5) is 12.1. The zero-order chi connectivity index (χ0) is 14.4. The molecule has 20 heavy (non-hydrogen) atoms. The van der Waals surface area contributed by atoms with Gasteiger partial charge in [-0.15, -0.1) is 0 Å². The third-order valence-corrected chi connectivity index (χ3v) is 3.02. The topological polar surface area (TPSA) is 50.1 Å². The van der Waals surface area contributed by atoms with Crippen molar-refractivity contribution >= 4 is 5.97 Å². The van der Waals surface area contributed by atoms with Crippen molar-refractivity contribution in [2.45, 2.75) is 19.4 Å². The van der Waals surface area contributed by atoms with Gasteiger partial charge >= 0.3 is 5.97 Å². The van der Waals surface area contributed by atoms with E-state index < -0.39 is 5.97 Å². The Labute approximate surface area is 118 Å². The number of nitriles is 1. The molecule has 2 aromatic rings. The zero-order valence-corrected chi connectivity index (χ0v) is 11.2. The number of benzene rings is 2. The van der Waals surface area contributed by atoms with Gasteiger partial charge in [0.1, 0.15) is 6.10 Å². The molecule has 0 aliphatic carbocycles. The third-order valence-electron chi connectivity index (χ3n) is 3.02. The van der Waals surface area contributed by atoms with Gasteiger partial charge in [-0.05, 0) is 30.2 Å². The van der Waals surface area contributed by atoms with Crippen LogP contribution in [0.3, 0.4) is 0 Å². The van der Waals surface area contributed by atoms with Crippen molar-refractivity contribution < 1.29 is 9.53 Å². The van der Waals surface area contributed by atoms with Crippen LogP contribution in [-0.2, 0) is 4.74 Å². The van der Waals surface area contributed by atoms with Gasteiger partial charge in [0.15, 0.2) is 0 Å². The SMILES string of the molecule is CCC(OC(=O)c1cccc(C#N)c1)c1ccccc1. The van der Waals surface area contributed by atoms with E-state index in [-0.39, 0.29) is 6.10 Å². The molecule has 3 nitrogen and oxygen atoms in total. The highest BCUT2D eigenvalue weighted by molar-refractivity contribution is 5.90. The van der Waals surface area contributed by atoms with Crippen LogP contribution >= 0.6 is 0 Å². The second kappa shape index (κ2) is 6.53. The van der Waals surface area contributed by atoms with Crippen LogP contribution in [0, 0.1) is 11.3 Å². The minimum absolute atomic E-state index is 0.269. The van der Waals surface area contributed by atoms with Crippen molar-refractivity contribution in [2.24, 2.45) is 0 Å². The van der Waals surface area contributed by atoms with E-state index in [0.29, 0.717) is 17.5 Å². The van der Waals surface area contributed by atoms with Gasteiger partial charge in [0, 0.05) is 0 Å². The molecule has 100 valence electrons. The number of nitrogens with zero attached hydrogens (tertiary/aromatic N) is 1. The smallest absolute Gasteiger partial charge is 0.338 e. The quantitative estimate of drug-likeness (QED) is 0.788. The normalized spacial score (nSPS) is 11.4. The molecule has 1 unspecified atom stereocenters. The molecule has 2 aromatic carbocycles.